The Morgan fingerprint density at radius 1 is 1.27 bits per heavy atom. The summed E-state index contributed by atoms with van der Waals surface area (Å²) < 4.78 is 0. The summed E-state index contributed by atoms with van der Waals surface area (Å²) in [6.45, 7) is 13.6. The molecule has 0 aliphatic heterocycles. The molecule has 0 N–H and O–H groups in total. The van der Waals surface area contributed by atoms with Crippen molar-refractivity contribution >= 4 is 0 Å². The minimum atomic E-state index is 0.646. The van der Waals surface area contributed by atoms with Crippen molar-refractivity contribution in [3.05, 3.63) is 0 Å². The van der Waals surface area contributed by atoms with Crippen molar-refractivity contribution < 1.29 is 0 Å². The second kappa shape index (κ2) is 7.30. The van der Waals surface area contributed by atoms with Crippen LogP contribution in [0.5, 0.6) is 0 Å². The van der Waals surface area contributed by atoms with E-state index in [-0.39, 0.29) is 0 Å². The zero-order valence-corrected chi connectivity index (χ0v) is 11.9. The van der Waals surface area contributed by atoms with Crippen LogP contribution in [0.15, 0.2) is 0 Å². The molecule has 92 valence electrons. The standard InChI is InChI=1S/C13H26.C2H6/c1-5-11(2)8-9-12-7-6-10-13(12,3)4;1-2/h11-12H,5-10H2,1-4H3;1-2H3. The minimum absolute atomic E-state index is 0.646. The lowest BCUT2D eigenvalue weighted by molar-refractivity contribution is 0.231. The molecule has 0 radical (unpaired) electrons. The molecule has 0 amide bonds. The Balaban J connectivity index is 0.000000921. The van der Waals surface area contributed by atoms with Crippen molar-refractivity contribution in [1.29, 1.82) is 0 Å². The molecule has 1 saturated carbocycles. The van der Waals surface area contributed by atoms with Crippen LogP contribution in [0, 0.1) is 17.3 Å². The summed E-state index contributed by atoms with van der Waals surface area (Å²) in [5.74, 6) is 1.96. The van der Waals surface area contributed by atoms with Crippen molar-refractivity contribution in [3.8, 4) is 0 Å². The van der Waals surface area contributed by atoms with Gasteiger partial charge in [0.25, 0.3) is 0 Å². The van der Waals surface area contributed by atoms with Gasteiger partial charge < -0.3 is 0 Å². The second-order valence-electron chi connectivity index (χ2n) is 5.67. The van der Waals surface area contributed by atoms with E-state index < -0.39 is 0 Å². The van der Waals surface area contributed by atoms with Gasteiger partial charge in [0.05, 0.1) is 0 Å². The number of hydrogen-bond donors (Lipinski definition) is 0. The summed E-state index contributed by atoms with van der Waals surface area (Å²) in [4.78, 5) is 0. The van der Waals surface area contributed by atoms with Crippen LogP contribution < -0.4 is 0 Å². The first-order valence-electron chi connectivity index (χ1n) is 7.06. The summed E-state index contributed by atoms with van der Waals surface area (Å²) in [5.41, 5.74) is 0.646. The molecule has 2 unspecified atom stereocenters. The van der Waals surface area contributed by atoms with E-state index in [4.69, 9.17) is 0 Å². The van der Waals surface area contributed by atoms with Crippen LogP contribution in [0.1, 0.15) is 80.1 Å². The summed E-state index contributed by atoms with van der Waals surface area (Å²) >= 11 is 0. The van der Waals surface area contributed by atoms with Gasteiger partial charge in [-0.3, -0.25) is 0 Å². The Morgan fingerprint density at radius 2 is 1.87 bits per heavy atom. The molecule has 0 saturated heterocycles. The van der Waals surface area contributed by atoms with Crippen molar-refractivity contribution in [2.24, 2.45) is 17.3 Å². The van der Waals surface area contributed by atoms with Gasteiger partial charge in [0.2, 0.25) is 0 Å². The molecule has 15 heavy (non-hydrogen) atoms. The fourth-order valence-corrected chi connectivity index (χ4v) is 2.62. The molecule has 1 fully saturated rings. The normalized spacial score (nSPS) is 25.6. The molecule has 0 heteroatoms. The third kappa shape index (κ3) is 5.04. The Hall–Kier alpha value is 0. The highest BCUT2D eigenvalue weighted by molar-refractivity contribution is 4.84. The topological polar surface area (TPSA) is 0 Å². The monoisotopic (exact) mass is 212 g/mol. The molecule has 0 aromatic heterocycles. The third-order valence-corrected chi connectivity index (χ3v) is 4.18. The van der Waals surface area contributed by atoms with Gasteiger partial charge in [0.15, 0.2) is 0 Å². The van der Waals surface area contributed by atoms with Gasteiger partial charge in [0.1, 0.15) is 0 Å². The van der Waals surface area contributed by atoms with Gasteiger partial charge in [-0.1, -0.05) is 60.8 Å². The molecule has 0 heterocycles. The predicted molar refractivity (Wildman–Crippen MR) is 71.2 cm³/mol. The van der Waals surface area contributed by atoms with Gasteiger partial charge in [-0.05, 0) is 36.5 Å². The Bertz CT molecular complexity index is 146. The molecule has 1 aliphatic carbocycles. The molecule has 0 nitrogen and oxygen atoms in total. The Labute approximate surface area is 97.8 Å². The van der Waals surface area contributed by atoms with E-state index in [9.17, 15) is 0 Å². The number of rotatable bonds is 4. The zero-order valence-electron chi connectivity index (χ0n) is 11.9. The van der Waals surface area contributed by atoms with Crippen molar-refractivity contribution in [2.45, 2.75) is 80.1 Å². The van der Waals surface area contributed by atoms with Crippen LogP contribution in [0.4, 0.5) is 0 Å². The second-order valence-corrected chi connectivity index (χ2v) is 5.67. The molecule has 1 aliphatic rings. The average Bonchev–Trinajstić information content (AvgIpc) is 2.57. The van der Waals surface area contributed by atoms with E-state index in [1.54, 1.807) is 0 Å². The lowest BCUT2D eigenvalue weighted by Gasteiger charge is -2.27. The lowest BCUT2D eigenvalue weighted by atomic mass is 9.78. The molecule has 2 atom stereocenters. The highest BCUT2D eigenvalue weighted by Crippen LogP contribution is 2.45. The smallest absolute Gasteiger partial charge is 0.0326 e. The molecular weight excluding hydrogens is 180 g/mol. The third-order valence-electron chi connectivity index (χ3n) is 4.18. The molecular formula is C15H32. The maximum atomic E-state index is 2.46. The van der Waals surface area contributed by atoms with E-state index in [2.05, 4.69) is 27.7 Å². The van der Waals surface area contributed by atoms with Gasteiger partial charge in [-0.15, -0.1) is 0 Å². The summed E-state index contributed by atoms with van der Waals surface area (Å²) in [6.07, 6.45) is 8.69. The lowest BCUT2D eigenvalue weighted by Crippen LogP contribution is -2.17. The van der Waals surface area contributed by atoms with E-state index in [1.165, 1.54) is 38.5 Å². The largest absolute Gasteiger partial charge is 0.0683 e. The van der Waals surface area contributed by atoms with Crippen LogP contribution >= 0.6 is 0 Å². The molecule has 1 rings (SSSR count). The fourth-order valence-electron chi connectivity index (χ4n) is 2.62. The Kier molecular flexibility index (Phi) is 7.30. The van der Waals surface area contributed by atoms with Crippen LogP contribution in [-0.2, 0) is 0 Å². The fraction of sp³-hybridized carbons (Fsp3) is 1.00. The van der Waals surface area contributed by atoms with Gasteiger partial charge in [-0.25, -0.2) is 0 Å². The van der Waals surface area contributed by atoms with Gasteiger partial charge in [-0.2, -0.15) is 0 Å². The van der Waals surface area contributed by atoms with Crippen molar-refractivity contribution in [1.82, 2.24) is 0 Å². The molecule has 0 aromatic rings. The van der Waals surface area contributed by atoms with Crippen molar-refractivity contribution in [3.63, 3.8) is 0 Å². The van der Waals surface area contributed by atoms with E-state index in [0.717, 1.165) is 11.8 Å². The Morgan fingerprint density at radius 3 is 2.27 bits per heavy atom. The van der Waals surface area contributed by atoms with Crippen molar-refractivity contribution in [2.75, 3.05) is 0 Å². The first kappa shape index (κ1) is 15.0. The minimum Gasteiger partial charge on any atom is -0.0683 e. The van der Waals surface area contributed by atoms with Crippen LogP contribution in [0.2, 0.25) is 0 Å². The average molecular weight is 212 g/mol. The van der Waals surface area contributed by atoms with Gasteiger partial charge >= 0.3 is 0 Å². The summed E-state index contributed by atoms with van der Waals surface area (Å²) in [5, 5.41) is 0. The molecule has 0 aromatic carbocycles. The molecule has 0 bridgehead atoms. The van der Waals surface area contributed by atoms with E-state index >= 15 is 0 Å². The van der Waals surface area contributed by atoms with Gasteiger partial charge in [0, 0.05) is 0 Å². The van der Waals surface area contributed by atoms with E-state index in [0.29, 0.717) is 5.41 Å². The van der Waals surface area contributed by atoms with Crippen LogP contribution in [0.3, 0.4) is 0 Å². The van der Waals surface area contributed by atoms with Crippen LogP contribution in [-0.4, -0.2) is 0 Å². The van der Waals surface area contributed by atoms with Crippen LogP contribution in [0.25, 0.3) is 0 Å². The maximum absolute atomic E-state index is 2.46. The summed E-state index contributed by atoms with van der Waals surface area (Å²) in [7, 11) is 0. The zero-order chi connectivity index (χ0) is 11.9. The maximum Gasteiger partial charge on any atom is -0.0326 e. The first-order chi connectivity index (χ1) is 7.06. The summed E-state index contributed by atoms with van der Waals surface area (Å²) in [6, 6.07) is 0. The number of hydrogen-bond acceptors (Lipinski definition) is 0. The highest BCUT2D eigenvalue weighted by Gasteiger charge is 2.33. The SMILES string of the molecule is CC.CCC(C)CCC1CCCC1(C)C. The quantitative estimate of drug-likeness (QED) is 0.563. The predicted octanol–water partition coefficient (Wildman–Crippen LogP) is 5.67. The van der Waals surface area contributed by atoms with E-state index in [1.807, 2.05) is 13.8 Å². The molecule has 0 spiro atoms. The highest BCUT2D eigenvalue weighted by atomic mass is 14.4. The first-order valence-corrected chi connectivity index (χ1v) is 7.06.